The van der Waals surface area contributed by atoms with Gasteiger partial charge in [-0.05, 0) is 32.9 Å². The molecule has 2 aliphatic rings. The summed E-state index contributed by atoms with van der Waals surface area (Å²) in [7, 11) is 2.11. The van der Waals surface area contributed by atoms with Gasteiger partial charge in [0.2, 0.25) is 0 Å². The van der Waals surface area contributed by atoms with Crippen LogP contribution in [0.1, 0.15) is 43.4 Å². The van der Waals surface area contributed by atoms with Crippen molar-refractivity contribution in [2.24, 2.45) is 5.92 Å². The fourth-order valence-corrected chi connectivity index (χ4v) is 3.20. The molecule has 1 N–H and O–H groups in total. The van der Waals surface area contributed by atoms with Crippen molar-refractivity contribution in [3.05, 3.63) is 11.6 Å². The van der Waals surface area contributed by atoms with Crippen LogP contribution in [-0.2, 0) is 17.8 Å². The van der Waals surface area contributed by atoms with Crippen LogP contribution in [0.4, 0.5) is 0 Å². The van der Waals surface area contributed by atoms with Crippen LogP contribution in [0, 0.1) is 5.92 Å². The van der Waals surface area contributed by atoms with Crippen molar-refractivity contribution in [3.8, 4) is 0 Å². The van der Waals surface area contributed by atoms with Crippen LogP contribution in [-0.4, -0.2) is 44.3 Å². The van der Waals surface area contributed by atoms with Gasteiger partial charge in [-0.25, -0.2) is 0 Å². The van der Waals surface area contributed by atoms with Gasteiger partial charge >= 0.3 is 5.97 Å². The molecule has 1 saturated heterocycles. The number of rotatable bonds is 2. The molecule has 0 radical (unpaired) electrons. The maximum atomic E-state index is 11.2. The van der Waals surface area contributed by atoms with Crippen molar-refractivity contribution in [2.45, 2.75) is 44.7 Å². The molecule has 6 heteroatoms. The lowest BCUT2D eigenvalue weighted by Crippen LogP contribution is -2.34. The standard InChI is InChI=1S/C13H20N4O2/c1-16-7-3-2-4-10(16)12-15-14-11-6-5-9(13(18)19)8-17(11)12/h9-10H,2-8H2,1H3,(H,18,19). The number of fused-ring (bicyclic) bond motifs is 1. The van der Waals surface area contributed by atoms with Gasteiger partial charge in [0.25, 0.3) is 0 Å². The predicted octanol–water partition coefficient (Wildman–Crippen LogP) is 1.08. The maximum Gasteiger partial charge on any atom is 0.308 e. The second kappa shape index (κ2) is 4.92. The molecule has 2 atom stereocenters. The average Bonchev–Trinajstić information content (AvgIpc) is 2.82. The SMILES string of the molecule is CN1CCCCC1c1nnc2n1CC(C(=O)O)CC2. The van der Waals surface area contributed by atoms with Crippen molar-refractivity contribution in [1.29, 1.82) is 0 Å². The van der Waals surface area contributed by atoms with Crippen molar-refractivity contribution in [1.82, 2.24) is 19.7 Å². The van der Waals surface area contributed by atoms with Crippen LogP contribution >= 0.6 is 0 Å². The zero-order valence-electron chi connectivity index (χ0n) is 11.2. The summed E-state index contributed by atoms with van der Waals surface area (Å²) in [6.07, 6.45) is 4.92. The highest BCUT2D eigenvalue weighted by atomic mass is 16.4. The smallest absolute Gasteiger partial charge is 0.308 e. The fourth-order valence-electron chi connectivity index (χ4n) is 3.20. The van der Waals surface area contributed by atoms with E-state index in [2.05, 4.69) is 26.7 Å². The number of piperidine rings is 1. The second-order valence-electron chi connectivity index (χ2n) is 5.65. The van der Waals surface area contributed by atoms with E-state index < -0.39 is 5.97 Å². The number of aliphatic carboxylic acids is 1. The van der Waals surface area contributed by atoms with E-state index in [0.717, 1.165) is 31.0 Å². The minimum Gasteiger partial charge on any atom is -0.481 e. The molecule has 3 rings (SSSR count). The highest BCUT2D eigenvalue weighted by Crippen LogP contribution is 2.31. The quantitative estimate of drug-likeness (QED) is 0.865. The molecule has 104 valence electrons. The van der Waals surface area contributed by atoms with Crippen LogP contribution in [0.3, 0.4) is 0 Å². The molecular formula is C13H20N4O2. The molecule has 3 heterocycles. The number of carbonyl (C=O) groups is 1. The van der Waals surface area contributed by atoms with Gasteiger partial charge in [-0.15, -0.1) is 10.2 Å². The molecule has 0 spiro atoms. The Balaban J connectivity index is 1.88. The lowest BCUT2D eigenvalue weighted by atomic mass is 9.98. The molecule has 1 aromatic heterocycles. The number of aryl methyl sites for hydroxylation is 1. The van der Waals surface area contributed by atoms with Crippen molar-refractivity contribution in [2.75, 3.05) is 13.6 Å². The first-order chi connectivity index (χ1) is 9.16. The van der Waals surface area contributed by atoms with E-state index in [0.29, 0.717) is 19.0 Å². The van der Waals surface area contributed by atoms with Crippen LogP contribution < -0.4 is 0 Å². The largest absolute Gasteiger partial charge is 0.481 e. The van der Waals surface area contributed by atoms with E-state index in [4.69, 9.17) is 0 Å². The molecule has 1 fully saturated rings. The fraction of sp³-hybridized carbons (Fsp3) is 0.769. The third-order valence-electron chi connectivity index (χ3n) is 4.39. The summed E-state index contributed by atoms with van der Waals surface area (Å²) in [5.41, 5.74) is 0. The molecule has 0 bridgehead atoms. The highest BCUT2D eigenvalue weighted by Gasteiger charge is 2.32. The molecular weight excluding hydrogens is 244 g/mol. The normalized spacial score (nSPS) is 28.1. The first-order valence-electron chi connectivity index (χ1n) is 7.02. The molecule has 6 nitrogen and oxygen atoms in total. The summed E-state index contributed by atoms with van der Waals surface area (Å²) in [6, 6.07) is 0.294. The number of carboxylic acids is 1. The van der Waals surface area contributed by atoms with Crippen LogP contribution in [0.2, 0.25) is 0 Å². The van der Waals surface area contributed by atoms with Gasteiger partial charge in [-0.2, -0.15) is 0 Å². The summed E-state index contributed by atoms with van der Waals surface area (Å²) >= 11 is 0. The Kier molecular flexibility index (Phi) is 3.26. The summed E-state index contributed by atoms with van der Waals surface area (Å²) in [4.78, 5) is 13.5. The number of nitrogens with zero attached hydrogens (tertiary/aromatic N) is 4. The van der Waals surface area contributed by atoms with E-state index in [1.807, 2.05) is 0 Å². The van der Waals surface area contributed by atoms with Crippen molar-refractivity contribution < 1.29 is 9.90 Å². The van der Waals surface area contributed by atoms with Gasteiger partial charge in [0.1, 0.15) is 11.6 Å². The lowest BCUT2D eigenvalue weighted by Gasteiger charge is -2.33. The Morgan fingerprint density at radius 3 is 2.89 bits per heavy atom. The zero-order valence-corrected chi connectivity index (χ0v) is 11.2. The van der Waals surface area contributed by atoms with Gasteiger partial charge < -0.3 is 9.67 Å². The molecule has 0 aromatic carbocycles. The molecule has 0 saturated carbocycles. The number of hydrogen-bond donors (Lipinski definition) is 1. The zero-order chi connectivity index (χ0) is 13.4. The number of hydrogen-bond acceptors (Lipinski definition) is 4. The monoisotopic (exact) mass is 264 g/mol. The Morgan fingerprint density at radius 2 is 2.16 bits per heavy atom. The Bertz CT molecular complexity index is 485. The summed E-state index contributed by atoms with van der Waals surface area (Å²) < 4.78 is 2.05. The first-order valence-corrected chi connectivity index (χ1v) is 7.02. The lowest BCUT2D eigenvalue weighted by molar-refractivity contribution is -0.142. The predicted molar refractivity (Wildman–Crippen MR) is 68.7 cm³/mol. The van der Waals surface area contributed by atoms with E-state index in [9.17, 15) is 9.90 Å². The highest BCUT2D eigenvalue weighted by molar-refractivity contribution is 5.70. The van der Waals surface area contributed by atoms with E-state index in [1.54, 1.807) is 0 Å². The van der Waals surface area contributed by atoms with Crippen molar-refractivity contribution >= 4 is 5.97 Å². The average molecular weight is 264 g/mol. The third kappa shape index (κ3) is 2.25. The van der Waals surface area contributed by atoms with Gasteiger partial charge in [-0.3, -0.25) is 9.69 Å². The second-order valence-corrected chi connectivity index (χ2v) is 5.65. The Morgan fingerprint density at radius 1 is 1.32 bits per heavy atom. The van der Waals surface area contributed by atoms with Crippen LogP contribution in [0.5, 0.6) is 0 Å². The first kappa shape index (κ1) is 12.6. The van der Waals surface area contributed by atoms with E-state index in [-0.39, 0.29) is 5.92 Å². The Labute approximate surface area is 112 Å². The maximum absolute atomic E-state index is 11.2. The molecule has 0 aliphatic carbocycles. The summed E-state index contributed by atoms with van der Waals surface area (Å²) in [6.45, 7) is 1.60. The molecule has 2 unspecified atom stereocenters. The van der Waals surface area contributed by atoms with E-state index in [1.165, 1.54) is 12.8 Å². The van der Waals surface area contributed by atoms with Crippen LogP contribution in [0.15, 0.2) is 0 Å². The summed E-state index contributed by atoms with van der Waals surface area (Å²) in [5.74, 6) is 0.910. The number of aromatic nitrogens is 3. The minimum absolute atomic E-state index is 0.294. The van der Waals surface area contributed by atoms with Gasteiger partial charge in [0, 0.05) is 13.0 Å². The number of carboxylic acid groups (broad SMARTS) is 1. The van der Waals surface area contributed by atoms with Gasteiger partial charge in [-0.1, -0.05) is 6.42 Å². The minimum atomic E-state index is -0.706. The van der Waals surface area contributed by atoms with Gasteiger partial charge in [0.15, 0.2) is 0 Å². The molecule has 1 aromatic rings. The Hall–Kier alpha value is -1.43. The van der Waals surface area contributed by atoms with E-state index >= 15 is 0 Å². The van der Waals surface area contributed by atoms with Crippen LogP contribution in [0.25, 0.3) is 0 Å². The topological polar surface area (TPSA) is 71.2 Å². The molecule has 2 aliphatic heterocycles. The summed E-state index contributed by atoms with van der Waals surface area (Å²) in [5, 5.41) is 17.8. The molecule has 0 amide bonds. The van der Waals surface area contributed by atoms with Crippen molar-refractivity contribution in [3.63, 3.8) is 0 Å². The van der Waals surface area contributed by atoms with Gasteiger partial charge in [0.05, 0.1) is 12.0 Å². The molecule has 19 heavy (non-hydrogen) atoms. The third-order valence-corrected chi connectivity index (χ3v) is 4.39. The number of likely N-dealkylation sites (tertiary alicyclic amines) is 1.